The number of piperazine rings is 1. The molecule has 0 aromatic carbocycles. The van der Waals surface area contributed by atoms with Crippen molar-refractivity contribution in [2.24, 2.45) is 0 Å². The number of alkyl carbamates (subject to hydrolysis) is 1. The quantitative estimate of drug-likeness (QED) is 0.771. The molecule has 5 heteroatoms. The molecule has 1 amide bonds. The van der Waals surface area contributed by atoms with E-state index in [9.17, 15) is 4.79 Å². The molecule has 0 unspecified atom stereocenters. The van der Waals surface area contributed by atoms with E-state index in [2.05, 4.69) is 15.5 Å². The molecule has 1 aliphatic heterocycles. The Morgan fingerprint density at radius 1 is 1.28 bits per heavy atom. The predicted octanol–water partition coefficient (Wildman–Crippen LogP) is 0.947. The van der Waals surface area contributed by atoms with E-state index in [0.29, 0.717) is 6.04 Å². The summed E-state index contributed by atoms with van der Waals surface area (Å²) in [4.78, 5) is 14.1. The van der Waals surface area contributed by atoms with E-state index in [1.807, 2.05) is 20.8 Å². The lowest BCUT2D eigenvalue weighted by molar-refractivity contribution is -0.0171. The lowest BCUT2D eigenvalue weighted by Crippen LogP contribution is -2.55. The average Bonchev–Trinajstić information content (AvgIpc) is 2.21. The number of hydrogen-bond acceptors (Lipinski definition) is 4. The van der Waals surface area contributed by atoms with Gasteiger partial charge in [-0.2, -0.15) is 0 Å². The molecular weight excluding hydrogens is 230 g/mol. The first-order valence-electron chi connectivity index (χ1n) is 6.87. The summed E-state index contributed by atoms with van der Waals surface area (Å²) in [5.74, 6) is 0. The summed E-state index contributed by atoms with van der Waals surface area (Å²) >= 11 is 0. The summed E-state index contributed by atoms with van der Waals surface area (Å²) in [6.45, 7) is 10.3. The Balaban J connectivity index is 1.65. The smallest absolute Gasteiger partial charge is 0.407 e. The second-order valence-electron chi connectivity index (χ2n) is 6.31. The van der Waals surface area contributed by atoms with E-state index in [-0.39, 0.29) is 17.7 Å². The highest BCUT2D eigenvalue weighted by Gasteiger charge is 2.36. The van der Waals surface area contributed by atoms with Gasteiger partial charge < -0.3 is 15.4 Å². The zero-order valence-electron chi connectivity index (χ0n) is 11.7. The largest absolute Gasteiger partial charge is 0.446 e. The number of amides is 1. The van der Waals surface area contributed by atoms with Gasteiger partial charge in [-0.15, -0.1) is 0 Å². The maximum Gasteiger partial charge on any atom is 0.407 e. The van der Waals surface area contributed by atoms with Crippen molar-refractivity contribution in [2.75, 3.05) is 26.2 Å². The van der Waals surface area contributed by atoms with Gasteiger partial charge in [0.2, 0.25) is 0 Å². The Morgan fingerprint density at radius 2 is 1.89 bits per heavy atom. The molecule has 104 valence electrons. The molecule has 2 rings (SSSR count). The number of nitrogens with zero attached hydrogens (tertiary/aromatic N) is 1. The summed E-state index contributed by atoms with van der Waals surface area (Å²) < 4.78 is 5.39. The topological polar surface area (TPSA) is 53.6 Å². The lowest BCUT2D eigenvalue weighted by Gasteiger charge is -2.44. The summed E-state index contributed by atoms with van der Waals surface area (Å²) in [7, 11) is 0. The van der Waals surface area contributed by atoms with Crippen LogP contribution in [0, 0.1) is 0 Å². The van der Waals surface area contributed by atoms with Gasteiger partial charge in [0.25, 0.3) is 0 Å². The Hall–Kier alpha value is -0.810. The second kappa shape index (κ2) is 5.45. The van der Waals surface area contributed by atoms with E-state index in [4.69, 9.17) is 4.74 Å². The Bertz CT molecular complexity index is 289. The molecule has 2 fully saturated rings. The van der Waals surface area contributed by atoms with Gasteiger partial charge >= 0.3 is 6.09 Å². The van der Waals surface area contributed by atoms with Crippen LogP contribution >= 0.6 is 0 Å². The van der Waals surface area contributed by atoms with Crippen molar-refractivity contribution in [3.8, 4) is 0 Å². The summed E-state index contributed by atoms with van der Waals surface area (Å²) in [6.07, 6.45) is 1.79. The molecule has 1 heterocycles. The molecule has 1 saturated carbocycles. The van der Waals surface area contributed by atoms with Gasteiger partial charge in [0, 0.05) is 50.6 Å². The molecule has 18 heavy (non-hydrogen) atoms. The fourth-order valence-electron chi connectivity index (χ4n) is 2.47. The van der Waals surface area contributed by atoms with Crippen molar-refractivity contribution in [2.45, 2.75) is 51.3 Å². The molecule has 2 aliphatic rings. The number of carbonyl (C=O) groups is 1. The molecule has 0 aromatic rings. The van der Waals surface area contributed by atoms with Crippen LogP contribution in [0.2, 0.25) is 0 Å². The van der Waals surface area contributed by atoms with Crippen LogP contribution in [-0.4, -0.2) is 54.9 Å². The van der Waals surface area contributed by atoms with Crippen LogP contribution in [-0.2, 0) is 4.74 Å². The highest BCUT2D eigenvalue weighted by molar-refractivity contribution is 5.68. The average molecular weight is 255 g/mol. The molecule has 0 radical (unpaired) electrons. The van der Waals surface area contributed by atoms with E-state index in [1.165, 1.54) is 0 Å². The van der Waals surface area contributed by atoms with E-state index in [1.54, 1.807) is 0 Å². The van der Waals surface area contributed by atoms with Crippen molar-refractivity contribution in [1.82, 2.24) is 15.5 Å². The molecule has 0 aromatic heterocycles. The van der Waals surface area contributed by atoms with Gasteiger partial charge in [0.05, 0.1) is 0 Å². The van der Waals surface area contributed by atoms with E-state index in [0.717, 1.165) is 39.0 Å². The van der Waals surface area contributed by atoms with Crippen molar-refractivity contribution >= 4 is 6.09 Å². The third kappa shape index (κ3) is 3.85. The van der Waals surface area contributed by atoms with Crippen LogP contribution in [0.4, 0.5) is 4.79 Å². The molecule has 5 nitrogen and oxygen atoms in total. The molecule has 2 N–H and O–H groups in total. The van der Waals surface area contributed by atoms with Crippen LogP contribution in [0.5, 0.6) is 0 Å². The first kappa shape index (κ1) is 13.6. The Kier molecular flexibility index (Phi) is 4.12. The zero-order chi connectivity index (χ0) is 13.2. The van der Waals surface area contributed by atoms with Gasteiger partial charge in [0.15, 0.2) is 0 Å². The van der Waals surface area contributed by atoms with Crippen LogP contribution in [0.3, 0.4) is 0 Å². The first-order valence-corrected chi connectivity index (χ1v) is 6.87. The van der Waals surface area contributed by atoms with Crippen molar-refractivity contribution in [1.29, 1.82) is 0 Å². The monoisotopic (exact) mass is 255 g/mol. The van der Waals surface area contributed by atoms with Gasteiger partial charge in [-0.3, -0.25) is 4.90 Å². The van der Waals surface area contributed by atoms with Gasteiger partial charge in [-0.05, 0) is 20.8 Å². The highest BCUT2D eigenvalue weighted by Crippen LogP contribution is 2.28. The first-order chi connectivity index (χ1) is 8.44. The SMILES string of the molecule is CC(C)(C)NC(=O)OC1CC(N2CCNCC2)C1. The molecule has 0 spiro atoms. The van der Waals surface area contributed by atoms with Crippen LogP contribution in [0.25, 0.3) is 0 Å². The van der Waals surface area contributed by atoms with Crippen molar-refractivity contribution in [3.63, 3.8) is 0 Å². The van der Waals surface area contributed by atoms with E-state index < -0.39 is 0 Å². The minimum atomic E-state index is -0.286. The minimum Gasteiger partial charge on any atom is -0.446 e. The van der Waals surface area contributed by atoms with Gasteiger partial charge in [-0.1, -0.05) is 0 Å². The third-order valence-corrected chi connectivity index (χ3v) is 3.49. The molecular formula is C13H25N3O2. The number of hydrogen-bond donors (Lipinski definition) is 2. The summed E-state index contributed by atoms with van der Waals surface area (Å²) in [5.41, 5.74) is -0.223. The van der Waals surface area contributed by atoms with Crippen molar-refractivity contribution in [3.05, 3.63) is 0 Å². The standard InChI is InChI=1S/C13H25N3O2/c1-13(2,3)15-12(17)18-11-8-10(9-11)16-6-4-14-5-7-16/h10-11,14H,4-9H2,1-3H3,(H,15,17). The van der Waals surface area contributed by atoms with Gasteiger partial charge in [-0.25, -0.2) is 4.79 Å². The number of nitrogens with one attached hydrogen (secondary N) is 2. The molecule has 0 bridgehead atoms. The summed E-state index contributed by atoms with van der Waals surface area (Å²) in [5, 5.41) is 6.18. The molecule has 1 saturated heterocycles. The Morgan fingerprint density at radius 3 is 2.44 bits per heavy atom. The molecule has 0 atom stereocenters. The number of ether oxygens (including phenoxy) is 1. The highest BCUT2D eigenvalue weighted by atomic mass is 16.6. The van der Waals surface area contributed by atoms with E-state index >= 15 is 0 Å². The summed E-state index contributed by atoms with van der Waals surface area (Å²) in [6, 6.07) is 0.611. The fourth-order valence-corrected chi connectivity index (χ4v) is 2.47. The second-order valence-corrected chi connectivity index (χ2v) is 6.31. The minimum absolute atomic E-state index is 0.104. The Labute approximate surface area is 109 Å². The van der Waals surface area contributed by atoms with Crippen molar-refractivity contribution < 1.29 is 9.53 Å². The number of carbonyl (C=O) groups excluding carboxylic acids is 1. The zero-order valence-corrected chi connectivity index (χ0v) is 11.7. The predicted molar refractivity (Wildman–Crippen MR) is 70.6 cm³/mol. The fraction of sp³-hybridized carbons (Fsp3) is 0.923. The number of rotatable bonds is 2. The van der Waals surface area contributed by atoms with Crippen LogP contribution < -0.4 is 10.6 Å². The molecule has 1 aliphatic carbocycles. The normalized spacial score (nSPS) is 29.5. The van der Waals surface area contributed by atoms with Gasteiger partial charge in [0.1, 0.15) is 6.10 Å². The van der Waals surface area contributed by atoms with Crippen LogP contribution in [0.1, 0.15) is 33.6 Å². The third-order valence-electron chi connectivity index (χ3n) is 3.49. The lowest BCUT2D eigenvalue weighted by atomic mass is 9.87. The maximum atomic E-state index is 11.6. The maximum absolute atomic E-state index is 11.6. The van der Waals surface area contributed by atoms with Crippen LogP contribution in [0.15, 0.2) is 0 Å².